The number of aliphatic hydroxyl groups is 1. The van der Waals surface area contributed by atoms with Crippen molar-refractivity contribution in [1.29, 1.82) is 0 Å². The smallest absolute Gasteiger partial charge is 0.317 e. The SMILES string of the molecule is COc1ccc(CN(CCO)C(=O)NCCCC(=O)O)c(OC)c1. The first-order chi connectivity index (χ1) is 11.5. The van der Waals surface area contributed by atoms with Crippen molar-refractivity contribution >= 4 is 12.0 Å². The van der Waals surface area contributed by atoms with Gasteiger partial charge in [-0.3, -0.25) is 4.79 Å². The van der Waals surface area contributed by atoms with E-state index in [9.17, 15) is 9.59 Å². The number of amides is 2. The first-order valence-electron chi connectivity index (χ1n) is 7.58. The van der Waals surface area contributed by atoms with Crippen molar-refractivity contribution in [3.8, 4) is 11.5 Å². The maximum absolute atomic E-state index is 12.2. The van der Waals surface area contributed by atoms with Gasteiger partial charge in [-0.15, -0.1) is 0 Å². The summed E-state index contributed by atoms with van der Waals surface area (Å²) in [6, 6.07) is 4.91. The van der Waals surface area contributed by atoms with Crippen LogP contribution in [0.15, 0.2) is 18.2 Å². The molecule has 0 aliphatic rings. The summed E-state index contributed by atoms with van der Waals surface area (Å²) in [5.74, 6) is 0.317. The van der Waals surface area contributed by atoms with Crippen LogP contribution in [-0.4, -0.2) is 61.0 Å². The van der Waals surface area contributed by atoms with Gasteiger partial charge in [-0.2, -0.15) is 0 Å². The molecule has 8 heteroatoms. The Labute approximate surface area is 141 Å². The Hall–Kier alpha value is -2.48. The van der Waals surface area contributed by atoms with Crippen LogP contribution in [0.2, 0.25) is 0 Å². The lowest BCUT2D eigenvalue weighted by atomic mass is 10.1. The summed E-state index contributed by atoms with van der Waals surface area (Å²) in [6.45, 7) is 0.478. The Bertz CT molecular complexity index is 549. The number of aliphatic hydroxyl groups excluding tert-OH is 1. The predicted molar refractivity (Wildman–Crippen MR) is 87.3 cm³/mol. The predicted octanol–water partition coefficient (Wildman–Crippen LogP) is 1.07. The molecule has 0 unspecified atom stereocenters. The molecule has 0 bridgehead atoms. The Morgan fingerprint density at radius 1 is 1.25 bits per heavy atom. The molecule has 1 rings (SSSR count). The lowest BCUT2D eigenvalue weighted by molar-refractivity contribution is -0.137. The molecule has 0 radical (unpaired) electrons. The van der Waals surface area contributed by atoms with Crippen molar-refractivity contribution in [3.63, 3.8) is 0 Å². The number of hydrogen-bond donors (Lipinski definition) is 3. The second-order valence-electron chi connectivity index (χ2n) is 5.05. The molecule has 0 aromatic heterocycles. The third kappa shape index (κ3) is 6.33. The van der Waals surface area contributed by atoms with Gasteiger partial charge in [0.25, 0.3) is 0 Å². The van der Waals surface area contributed by atoms with Crippen LogP contribution in [0.5, 0.6) is 11.5 Å². The monoisotopic (exact) mass is 340 g/mol. The summed E-state index contributed by atoms with van der Waals surface area (Å²) in [4.78, 5) is 24.1. The van der Waals surface area contributed by atoms with Crippen LogP contribution >= 0.6 is 0 Å². The van der Waals surface area contributed by atoms with Crippen LogP contribution in [-0.2, 0) is 11.3 Å². The van der Waals surface area contributed by atoms with Gasteiger partial charge in [-0.25, -0.2) is 4.79 Å². The number of hydrogen-bond acceptors (Lipinski definition) is 5. The lowest BCUT2D eigenvalue weighted by Crippen LogP contribution is -2.41. The van der Waals surface area contributed by atoms with Crippen LogP contribution < -0.4 is 14.8 Å². The summed E-state index contributed by atoms with van der Waals surface area (Å²) >= 11 is 0. The minimum Gasteiger partial charge on any atom is -0.497 e. The number of nitrogens with one attached hydrogen (secondary N) is 1. The van der Waals surface area contributed by atoms with E-state index in [-0.39, 0.29) is 38.7 Å². The largest absolute Gasteiger partial charge is 0.497 e. The quantitative estimate of drug-likeness (QED) is 0.550. The molecule has 8 nitrogen and oxygen atoms in total. The van der Waals surface area contributed by atoms with E-state index < -0.39 is 5.97 Å². The van der Waals surface area contributed by atoms with E-state index in [0.717, 1.165) is 5.56 Å². The molecule has 1 aromatic rings. The molecule has 0 saturated heterocycles. The zero-order valence-electron chi connectivity index (χ0n) is 13.9. The molecule has 3 N–H and O–H groups in total. The van der Waals surface area contributed by atoms with E-state index in [2.05, 4.69) is 5.32 Å². The fraction of sp³-hybridized carbons (Fsp3) is 0.500. The molecule has 0 atom stereocenters. The summed E-state index contributed by atoms with van der Waals surface area (Å²) in [5, 5.41) is 20.4. The zero-order valence-corrected chi connectivity index (χ0v) is 13.9. The lowest BCUT2D eigenvalue weighted by Gasteiger charge is -2.23. The highest BCUT2D eigenvalue weighted by atomic mass is 16.5. The van der Waals surface area contributed by atoms with Crippen LogP contribution in [0, 0.1) is 0 Å². The minimum absolute atomic E-state index is 0.00736. The molecule has 1 aromatic carbocycles. The summed E-state index contributed by atoms with van der Waals surface area (Å²) in [6.07, 6.45) is 0.340. The maximum atomic E-state index is 12.2. The number of methoxy groups -OCH3 is 2. The summed E-state index contributed by atoms with van der Waals surface area (Å²) in [7, 11) is 3.08. The van der Waals surface area contributed by atoms with Crippen molar-refractivity contribution in [1.82, 2.24) is 10.2 Å². The highest BCUT2D eigenvalue weighted by molar-refractivity contribution is 5.74. The van der Waals surface area contributed by atoms with E-state index in [1.165, 1.54) is 12.0 Å². The second kappa shape index (κ2) is 10.3. The molecule has 0 fully saturated rings. The average molecular weight is 340 g/mol. The first kappa shape index (κ1) is 19.6. The van der Waals surface area contributed by atoms with Gasteiger partial charge < -0.3 is 29.9 Å². The number of rotatable bonds is 10. The number of carbonyl (C=O) groups excluding carboxylic acids is 1. The van der Waals surface area contributed by atoms with E-state index in [0.29, 0.717) is 17.9 Å². The van der Waals surface area contributed by atoms with Gasteiger partial charge in [0, 0.05) is 31.1 Å². The Morgan fingerprint density at radius 3 is 2.58 bits per heavy atom. The van der Waals surface area contributed by atoms with Gasteiger partial charge in [0.15, 0.2) is 0 Å². The first-order valence-corrected chi connectivity index (χ1v) is 7.58. The highest BCUT2D eigenvalue weighted by Crippen LogP contribution is 2.25. The van der Waals surface area contributed by atoms with Gasteiger partial charge in [0.05, 0.1) is 27.4 Å². The third-order valence-corrected chi connectivity index (χ3v) is 3.36. The topological polar surface area (TPSA) is 108 Å². The van der Waals surface area contributed by atoms with Gasteiger partial charge in [-0.1, -0.05) is 0 Å². The van der Waals surface area contributed by atoms with Crippen LogP contribution in [0.1, 0.15) is 18.4 Å². The van der Waals surface area contributed by atoms with E-state index in [4.69, 9.17) is 19.7 Å². The molecule has 0 heterocycles. The molecule has 0 saturated carbocycles. The number of benzene rings is 1. The van der Waals surface area contributed by atoms with Gasteiger partial charge >= 0.3 is 12.0 Å². The molecule has 0 aliphatic heterocycles. The molecular formula is C16H24N2O6. The van der Waals surface area contributed by atoms with E-state index in [1.54, 1.807) is 25.3 Å². The number of carboxylic acid groups (broad SMARTS) is 1. The van der Waals surface area contributed by atoms with Crippen molar-refractivity contribution in [3.05, 3.63) is 23.8 Å². The number of urea groups is 1. The van der Waals surface area contributed by atoms with Crippen LogP contribution in [0.3, 0.4) is 0 Å². The summed E-state index contributed by atoms with van der Waals surface area (Å²) < 4.78 is 10.4. The Morgan fingerprint density at radius 2 is 2.00 bits per heavy atom. The molecular weight excluding hydrogens is 316 g/mol. The number of carboxylic acids is 1. The molecule has 24 heavy (non-hydrogen) atoms. The average Bonchev–Trinajstić information content (AvgIpc) is 2.58. The Balaban J connectivity index is 2.71. The Kier molecular flexibility index (Phi) is 8.42. The standard InChI is InChI=1S/C16H24N2O6/c1-23-13-6-5-12(14(10-13)24-2)11-18(8-9-19)16(22)17-7-3-4-15(20)21/h5-6,10,19H,3-4,7-9,11H2,1-2H3,(H,17,22)(H,20,21). The number of ether oxygens (including phenoxy) is 2. The number of carbonyl (C=O) groups is 2. The van der Waals surface area contributed by atoms with Crippen LogP contribution in [0.25, 0.3) is 0 Å². The van der Waals surface area contributed by atoms with Crippen LogP contribution in [0.4, 0.5) is 4.79 Å². The van der Waals surface area contributed by atoms with Crippen molar-refractivity contribution in [2.45, 2.75) is 19.4 Å². The normalized spacial score (nSPS) is 10.1. The van der Waals surface area contributed by atoms with Crippen molar-refractivity contribution in [2.24, 2.45) is 0 Å². The van der Waals surface area contributed by atoms with Gasteiger partial charge in [-0.05, 0) is 18.6 Å². The highest BCUT2D eigenvalue weighted by Gasteiger charge is 2.16. The molecule has 134 valence electrons. The number of nitrogens with zero attached hydrogens (tertiary/aromatic N) is 1. The van der Waals surface area contributed by atoms with Crippen molar-refractivity contribution < 1.29 is 29.3 Å². The fourth-order valence-electron chi connectivity index (χ4n) is 2.11. The summed E-state index contributed by atoms with van der Waals surface area (Å²) in [5.41, 5.74) is 0.771. The zero-order chi connectivity index (χ0) is 17.9. The van der Waals surface area contributed by atoms with Gasteiger partial charge in [0.2, 0.25) is 0 Å². The van der Waals surface area contributed by atoms with Gasteiger partial charge in [0.1, 0.15) is 11.5 Å². The minimum atomic E-state index is -0.903. The van der Waals surface area contributed by atoms with Crippen molar-refractivity contribution in [2.75, 3.05) is 33.9 Å². The maximum Gasteiger partial charge on any atom is 0.317 e. The molecule has 0 spiro atoms. The van der Waals surface area contributed by atoms with E-state index >= 15 is 0 Å². The fourth-order valence-corrected chi connectivity index (χ4v) is 2.11. The molecule has 0 aliphatic carbocycles. The number of aliphatic carboxylic acids is 1. The van der Waals surface area contributed by atoms with E-state index in [1.807, 2.05) is 0 Å². The third-order valence-electron chi connectivity index (χ3n) is 3.36. The second-order valence-corrected chi connectivity index (χ2v) is 5.05. The molecule has 2 amide bonds.